The number of rotatable bonds is 6. The van der Waals surface area contributed by atoms with E-state index in [0.717, 1.165) is 55.7 Å². The minimum atomic E-state index is 0.288. The Morgan fingerprint density at radius 1 is 1.45 bits per heavy atom. The first-order valence-corrected chi connectivity index (χ1v) is 8.61. The molecular formula is C15H23ClN2OS. The van der Waals surface area contributed by atoms with Crippen LogP contribution in [0.25, 0.3) is 0 Å². The molecule has 0 spiro atoms. The van der Waals surface area contributed by atoms with Crippen LogP contribution in [0.15, 0.2) is 12.1 Å². The number of carbonyl (C=O) groups is 1. The average Bonchev–Trinajstić information content (AvgIpc) is 2.89. The zero-order valence-electron chi connectivity index (χ0n) is 12.0. The zero-order chi connectivity index (χ0) is 14.4. The van der Waals surface area contributed by atoms with Crippen molar-refractivity contribution in [3.63, 3.8) is 0 Å². The third-order valence-corrected chi connectivity index (χ3v) is 5.16. The maximum absolute atomic E-state index is 12.2. The number of nitrogens with one attached hydrogen (secondary N) is 1. The van der Waals surface area contributed by atoms with Crippen molar-refractivity contribution in [2.75, 3.05) is 26.2 Å². The minimum absolute atomic E-state index is 0.288. The van der Waals surface area contributed by atoms with Gasteiger partial charge in [0.1, 0.15) is 0 Å². The normalized spacial score (nSPS) is 16.6. The van der Waals surface area contributed by atoms with Crippen LogP contribution in [0.5, 0.6) is 0 Å². The highest BCUT2D eigenvalue weighted by Gasteiger charge is 2.22. The maximum atomic E-state index is 12.2. The van der Waals surface area contributed by atoms with Gasteiger partial charge in [0.15, 0.2) is 0 Å². The molecule has 1 N–H and O–H groups in total. The molecule has 2 rings (SSSR count). The van der Waals surface area contributed by atoms with Crippen molar-refractivity contribution in [1.29, 1.82) is 0 Å². The van der Waals surface area contributed by atoms with Gasteiger partial charge in [0, 0.05) is 24.4 Å². The van der Waals surface area contributed by atoms with Gasteiger partial charge in [-0.2, -0.15) is 0 Å². The molecule has 1 aliphatic heterocycles. The third kappa shape index (κ3) is 4.76. The molecule has 112 valence electrons. The van der Waals surface area contributed by atoms with Crippen LogP contribution in [0.4, 0.5) is 0 Å². The molecule has 20 heavy (non-hydrogen) atoms. The molecule has 0 unspecified atom stereocenters. The number of thiophene rings is 1. The summed E-state index contributed by atoms with van der Waals surface area (Å²) >= 11 is 7.47. The largest absolute Gasteiger partial charge is 0.343 e. The second-order valence-corrected chi connectivity index (χ2v) is 7.14. The molecule has 1 saturated heterocycles. The number of hydrogen-bond donors (Lipinski definition) is 1. The van der Waals surface area contributed by atoms with E-state index in [4.69, 9.17) is 11.6 Å². The summed E-state index contributed by atoms with van der Waals surface area (Å²) < 4.78 is 0.802. The zero-order valence-corrected chi connectivity index (χ0v) is 13.6. The van der Waals surface area contributed by atoms with Crippen molar-refractivity contribution in [2.24, 2.45) is 5.92 Å². The number of hydrogen-bond acceptors (Lipinski definition) is 3. The fraction of sp³-hybridized carbons (Fsp3) is 0.667. The van der Waals surface area contributed by atoms with Crippen LogP contribution >= 0.6 is 22.9 Å². The lowest BCUT2D eigenvalue weighted by Crippen LogP contribution is -2.40. The molecule has 0 saturated carbocycles. The highest BCUT2D eigenvalue weighted by Crippen LogP contribution is 2.23. The van der Waals surface area contributed by atoms with Crippen molar-refractivity contribution < 1.29 is 4.79 Å². The van der Waals surface area contributed by atoms with E-state index in [1.165, 1.54) is 4.88 Å². The Hall–Kier alpha value is -0.580. The molecule has 1 aromatic heterocycles. The minimum Gasteiger partial charge on any atom is -0.343 e. The quantitative estimate of drug-likeness (QED) is 0.874. The monoisotopic (exact) mass is 314 g/mol. The van der Waals surface area contributed by atoms with Gasteiger partial charge in [-0.25, -0.2) is 0 Å². The van der Waals surface area contributed by atoms with Gasteiger partial charge in [-0.15, -0.1) is 11.3 Å². The van der Waals surface area contributed by atoms with Gasteiger partial charge in [0.25, 0.3) is 0 Å². The fourth-order valence-electron chi connectivity index (χ4n) is 2.61. The number of nitrogens with zero attached hydrogens (tertiary/aromatic N) is 1. The number of aryl methyl sites for hydroxylation is 1. The van der Waals surface area contributed by atoms with E-state index in [-0.39, 0.29) is 5.91 Å². The maximum Gasteiger partial charge on any atom is 0.222 e. The highest BCUT2D eigenvalue weighted by atomic mass is 35.5. The first kappa shape index (κ1) is 15.8. The predicted molar refractivity (Wildman–Crippen MR) is 85.5 cm³/mol. The average molecular weight is 315 g/mol. The van der Waals surface area contributed by atoms with Crippen LogP contribution in [0.2, 0.25) is 4.34 Å². The summed E-state index contributed by atoms with van der Waals surface area (Å²) in [6.45, 7) is 6.09. The van der Waals surface area contributed by atoms with Crippen molar-refractivity contribution in [3.8, 4) is 0 Å². The van der Waals surface area contributed by atoms with E-state index in [1.807, 2.05) is 17.0 Å². The van der Waals surface area contributed by atoms with Crippen LogP contribution in [0, 0.1) is 5.92 Å². The molecule has 0 radical (unpaired) electrons. The standard InChI is InChI=1S/C15H23ClN2OS/c1-2-17-11-12-7-9-18(10-8-12)15(19)6-4-13-3-5-14(16)20-13/h3,5,12,17H,2,4,6-11H2,1H3. The van der Waals surface area contributed by atoms with E-state index < -0.39 is 0 Å². The van der Waals surface area contributed by atoms with Crippen LogP contribution < -0.4 is 5.32 Å². The molecule has 1 amide bonds. The van der Waals surface area contributed by atoms with Gasteiger partial charge in [-0.3, -0.25) is 4.79 Å². The van der Waals surface area contributed by atoms with Gasteiger partial charge in [-0.05, 0) is 50.4 Å². The Labute approximate surface area is 130 Å². The molecule has 0 bridgehead atoms. The topological polar surface area (TPSA) is 32.3 Å². The summed E-state index contributed by atoms with van der Waals surface area (Å²) in [5.74, 6) is 1.02. The van der Waals surface area contributed by atoms with Crippen LogP contribution in [-0.4, -0.2) is 37.0 Å². The molecule has 0 aliphatic carbocycles. The lowest BCUT2D eigenvalue weighted by Gasteiger charge is -2.32. The molecule has 1 fully saturated rings. The molecule has 1 aliphatic rings. The Morgan fingerprint density at radius 2 is 2.20 bits per heavy atom. The second-order valence-electron chi connectivity index (χ2n) is 5.34. The van der Waals surface area contributed by atoms with Crippen molar-refractivity contribution >= 4 is 28.8 Å². The van der Waals surface area contributed by atoms with Gasteiger partial charge in [-0.1, -0.05) is 18.5 Å². The van der Waals surface area contributed by atoms with Gasteiger partial charge in [0.2, 0.25) is 5.91 Å². The molecule has 0 aromatic carbocycles. The summed E-state index contributed by atoms with van der Waals surface area (Å²) in [5, 5.41) is 3.40. The van der Waals surface area contributed by atoms with Crippen molar-refractivity contribution in [2.45, 2.75) is 32.6 Å². The SMILES string of the molecule is CCNCC1CCN(C(=O)CCc2ccc(Cl)s2)CC1. The molecule has 1 aromatic rings. The van der Waals surface area contributed by atoms with E-state index in [9.17, 15) is 4.79 Å². The number of carbonyl (C=O) groups excluding carboxylic acids is 1. The van der Waals surface area contributed by atoms with Crippen molar-refractivity contribution in [3.05, 3.63) is 21.3 Å². The van der Waals surface area contributed by atoms with Crippen LogP contribution in [0.3, 0.4) is 0 Å². The Bertz CT molecular complexity index is 427. The summed E-state index contributed by atoms with van der Waals surface area (Å²) in [6, 6.07) is 3.92. The fourth-order valence-corrected chi connectivity index (χ4v) is 3.70. The van der Waals surface area contributed by atoms with E-state index in [1.54, 1.807) is 11.3 Å². The van der Waals surface area contributed by atoms with Gasteiger partial charge < -0.3 is 10.2 Å². The Balaban J connectivity index is 1.69. The number of likely N-dealkylation sites (tertiary alicyclic amines) is 1. The van der Waals surface area contributed by atoms with Gasteiger partial charge >= 0.3 is 0 Å². The predicted octanol–water partition coefficient (Wildman–Crippen LogP) is 3.18. The summed E-state index contributed by atoms with van der Waals surface area (Å²) in [5.41, 5.74) is 0. The Kier molecular flexibility index (Phi) is 6.33. The summed E-state index contributed by atoms with van der Waals surface area (Å²) in [7, 11) is 0. The van der Waals surface area contributed by atoms with Crippen molar-refractivity contribution in [1.82, 2.24) is 10.2 Å². The molecule has 0 atom stereocenters. The van der Waals surface area contributed by atoms with E-state index in [0.29, 0.717) is 6.42 Å². The van der Waals surface area contributed by atoms with E-state index in [2.05, 4.69) is 12.2 Å². The lowest BCUT2D eigenvalue weighted by atomic mass is 9.96. The first-order valence-electron chi connectivity index (χ1n) is 7.41. The Morgan fingerprint density at radius 3 is 2.80 bits per heavy atom. The highest BCUT2D eigenvalue weighted by molar-refractivity contribution is 7.16. The second kappa shape index (κ2) is 8.01. The number of piperidine rings is 1. The number of halogens is 1. The smallest absolute Gasteiger partial charge is 0.222 e. The summed E-state index contributed by atoms with van der Waals surface area (Å²) in [4.78, 5) is 15.4. The van der Waals surface area contributed by atoms with Gasteiger partial charge in [0.05, 0.1) is 4.34 Å². The number of amides is 1. The summed E-state index contributed by atoms with van der Waals surface area (Å²) in [6.07, 6.45) is 3.68. The molecule has 2 heterocycles. The molecule has 3 nitrogen and oxygen atoms in total. The molecular weight excluding hydrogens is 292 g/mol. The third-order valence-electron chi connectivity index (χ3n) is 3.86. The van der Waals surface area contributed by atoms with Crippen LogP contribution in [0.1, 0.15) is 31.1 Å². The molecule has 5 heteroatoms. The van der Waals surface area contributed by atoms with Crippen LogP contribution in [-0.2, 0) is 11.2 Å². The first-order chi connectivity index (χ1) is 9.69. The lowest BCUT2D eigenvalue weighted by molar-refractivity contribution is -0.132. The van der Waals surface area contributed by atoms with E-state index >= 15 is 0 Å².